The van der Waals surface area contributed by atoms with Crippen LogP contribution in [0.5, 0.6) is 0 Å². The second kappa shape index (κ2) is 3.20. The smallest absolute Gasteiger partial charge is 0.147 e. The van der Waals surface area contributed by atoms with Crippen LogP contribution in [0.25, 0.3) is 0 Å². The fourth-order valence-electron chi connectivity index (χ4n) is 0.635. The standard InChI is InChI=1S/C6H14O2S/c1-4-6(2)5-9(3,7)8/h6H,4-5H2,1-3H3. The molecule has 1 unspecified atom stereocenters. The molecule has 9 heavy (non-hydrogen) atoms. The molecule has 0 aromatic carbocycles. The van der Waals surface area contributed by atoms with Crippen molar-refractivity contribution in [1.82, 2.24) is 0 Å². The molecule has 0 spiro atoms. The Morgan fingerprint density at radius 2 is 1.89 bits per heavy atom. The van der Waals surface area contributed by atoms with Crippen molar-refractivity contribution in [3.05, 3.63) is 0 Å². The van der Waals surface area contributed by atoms with Gasteiger partial charge in [-0.2, -0.15) is 0 Å². The lowest BCUT2D eigenvalue weighted by Crippen LogP contribution is -2.10. The maximum absolute atomic E-state index is 10.6. The topological polar surface area (TPSA) is 34.1 Å². The van der Waals surface area contributed by atoms with Crippen molar-refractivity contribution in [2.75, 3.05) is 12.0 Å². The molecule has 0 radical (unpaired) electrons. The second-order valence-corrected chi connectivity index (χ2v) is 4.79. The van der Waals surface area contributed by atoms with Crippen molar-refractivity contribution in [3.8, 4) is 0 Å². The molecule has 0 amide bonds. The van der Waals surface area contributed by atoms with Gasteiger partial charge in [0.25, 0.3) is 0 Å². The van der Waals surface area contributed by atoms with Crippen molar-refractivity contribution >= 4 is 9.84 Å². The van der Waals surface area contributed by atoms with E-state index >= 15 is 0 Å². The molecule has 0 saturated carbocycles. The lowest BCUT2D eigenvalue weighted by molar-refractivity contribution is 0.569. The van der Waals surface area contributed by atoms with Crippen LogP contribution in [-0.2, 0) is 9.84 Å². The lowest BCUT2D eigenvalue weighted by Gasteiger charge is -2.03. The summed E-state index contributed by atoms with van der Waals surface area (Å²) in [5.41, 5.74) is 0. The molecule has 56 valence electrons. The minimum absolute atomic E-state index is 0.306. The van der Waals surface area contributed by atoms with Crippen LogP contribution in [0, 0.1) is 5.92 Å². The Hall–Kier alpha value is -0.0500. The highest BCUT2D eigenvalue weighted by molar-refractivity contribution is 7.90. The zero-order valence-electron chi connectivity index (χ0n) is 6.22. The van der Waals surface area contributed by atoms with E-state index in [2.05, 4.69) is 0 Å². The van der Waals surface area contributed by atoms with E-state index in [1.54, 1.807) is 0 Å². The first-order valence-corrected chi connectivity index (χ1v) is 5.19. The van der Waals surface area contributed by atoms with Gasteiger partial charge < -0.3 is 0 Å². The minimum Gasteiger partial charge on any atom is -0.229 e. The van der Waals surface area contributed by atoms with Crippen LogP contribution >= 0.6 is 0 Å². The molecule has 0 bridgehead atoms. The summed E-state index contributed by atoms with van der Waals surface area (Å²) in [4.78, 5) is 0. The lowest BCUT2D eigenvalue weighted by atomic mass is 10.2. The van der Waals surface area contributed by atoms with E-state index in [1.165, 1.54) is 6.26 Å². The van der Waals surface area contributed by atoms with E-state index in [4.69, 9.17) is 0 Å². The van der Waals surface area contributed by atoms with E-state index in [0.29, 0.717) is 11.7 Å². The molecule has 0 N–H and O–H groups in total. The summed E-state index contributed by atoms with van der Waals surface area (Å²) in [6.45, 7) is 3.94. The van der Waals surface area contributed by atoms with Crippen molar-refractivity contribution in [1.29, 1.82) is 0 Å². The van der Waals surface area contributed by atoms with Crippen molar-refractivity contribution in [2.45, 2.75) is 20.3 Å². The molecule has 0 aromatic rings. The van der Waals surface area contributed by atoms with Crippen LogP contribution in [0.2, 0.25) is 0 Å². The van der Waals surface area contributed by atoms with Gasteiger partial charge >= 0.3 is 0 Å². The molecule has 0 saturated heterocycles. The molecular formula is C6H14O2S. The third-order valence-corrected chi connectivity index (χ3v) is 2.46. The molecule has 0 fully saturated rings. The summed E-state index contributed by atoms with van der Waals surface area (Å²) in [6, 6.07) is 0. The molecule has 0 aliphatic rings. The Balaban J connectivity index is 3.75. The van der Waals surface area contributed by atoms with Gasteiger partial charge in [0.15, 0.2) is 0 Å². The summed E-state index contributed by atoms with van der Waals surface area (Å²) in [5, 5.41) is 0. The molecular weight excluding hydrogens is 136 g/mol. The van der Waals surface area contributed by atoms with Crippen LogP contribution in [0.15, 0.2) is 0 Å². The Labute approximate surface area is 57.2 Å². The molecule has 3 heteroatoms. The van der Waals surface area contributed by atoms with E-state index in [0.717, 1.165) is 6.42 Å². The van der Waals surface area contributed by atoms with Crippen molar-refractivity contribution < 1.29 is 8.42 Å². The number of sulfone groups is 1. The average molecular weight is 150 g/mol. The fourth-order valence-corrected chi connectivity index (χ4v) is 1.90. The van der Waals surface area contributed by atoms with E-state index in [1.807, 2.05) is 13.8 Å². The zero-order valence-corrected chi connectivity index (χ0v) is 7.03. The summed E-state index contributed by atoms with van der Waals surface area (Å²) in [5.74, 6) is 0.628. The first-order chi connectivity index (χ1) is 3.95. The van der Waals surface area contributed by atoms with Crippen molar-refractivity contribution in [2.24, 2.45) is 5.92 Å². The van der Waals surface area contributed by atoms with Gasteiger partial charge in [0.05, 0.1) is 5.75 Å². The predicted octanol–water partition coefficient (Wildman–Crippen LogP) is 1.08. The third kappa shape index (κ3) is 5.83. The summed E-state index contributed by atoms with van der Waals surface area (Å²) >= 11 is 0. The maximum Gasteiger partial charge on any atom is 0.147 e. The van der Waals surface area contributed by atoms with E-state index < -0.39 is 9.84 Å². The maximum atomic E-state index is 10.6. The fraction of sp³-hybridized carbons (Fsp3) is 1.00. The third-order valence-electron chi connectivity index (χ3n) is 1.28. The normalized spacial score (nSPS) is 15.4. The molecule has 0 rings (SSSR count). The van der Waals surface area contributed by atoms with Gasteiger partial charge in [0.1, 0.15) is 9.84 Å². The highest BCUT2D eigenvalue weighted by atomic mass is 32.2. The van der Waals surface area contributed by atoms with Crippen LogP contribution in [0.1, 0.15) is 20.3 Å². The Morgan fingerprint density at radius 3 is 2.00 bits per heavy atom. The van der Waals surface area contributed by atoms with Gasteiger partial charge in [-0.05, 0) is 5.92 Å². The summed E-state index contributed by atoms with van der Waals surface area (Å²) in [6.07, 6.45) is 2.21. The highest BCUT2D eigenvalue weighted by Crippen LogP contribution is 2.02. The van der Waals surface area contributed by atoms with Gasteiger partial charge in [-0.25, -0.2) is 8.42 Å². The predicted molar refractivity (Wildman–Crippen MR) is 39.2 cm³/mol. The first-order valence-electron chi connectivity index (χ1n) is 3.13. The summed E-state index contributed by atoms with van der Waals surface area (Å²) in [7, 11) is -2.74. The van der Waals surface area contributed by atoms with Crippen LogP contribution in [-0.4, -0.2) is 20.4 Å². The van der Waals surface area contributed by atoms with Gasteiger partial charge in [0, 0.05) is 6.26 Å². The molecule has 2 nitrogen and oxygen atoms in total. The second-order valence-electron chi connectivity index (χ2n) is 2.61. The molecule has 0 aromatic heterocycles. The largest absolute Gasteiger partial charge is 0.229 e. The average Bonchev–Trinajstić information content (AvgIpc) is 1.62. The zero-order chi connectivity index (χ0) is 7.49. The summed E-state index contributed by atoms with van der Waals surface area (Å²) < 4.78 is 21.2. The SMILES string of the molecule is CCC(C)CS(C)(=O)=O. The van der Waals surface area contributed by atoms with Gasteiger partial charge in [0.2, 0.25) is 0 Å². The van der Waals surface area contributed by atoms with Crippen LogP contribution < -0.4 is 0 Å². The van der Waals surface area contributed by atoms with Gasteiger partial charge in [-0.3, -0.25) is 0 Å². The monoisotopic (exact) mass is 150 g/mol. The Morgan fingerprint density at radius 1 is 1.44 bits per heavy atom. The highest BCUT2D eigenvalue weighted by Gasteiger charge is 2.06. The van der Waals surface area contributed by atoms with E-state index in [9.17, 15) is 8.42 Å². The number of hydrogen-bond donors (Lipinski definition) is 0. The van der Waals surface area contributed by atoms with Gasteiger partial charge in [-0.15, -0.1) is 0 Å². The number of hydrogen-bond acceptors (Lipinski definition) is 2. The van der Waals surface area contributed by atoms with Crippen LogP contribution in [0.4, 0.5) is 0 Å². The van der Waals surface area contributed by atoms with Gasteiger partial charge in [-0.1, -0.05) is 20.3 Å². The quantitative estimate of drug-likeness (QED) is 0.603. The Bertz CT molecular complexity index is 158. The number of rotatable bonds is 3. The molecule has 0 heterocycles. The van der Waals surface area contributed by atoms with Crippen LogP contribution in [0.3, 0.4) is 0 Å². The van der Waals surface area contributed by atoms with E-state index in [-0.39, 0.29) is 0 Å². The molecule has 0 aliphatic heterocycles. The van der Waals surface area contributed by atoms with Crippen molar-refractivity contribution in [3.63, 3.8) is 0 Å². The minimum atomic E-state index is -2.74. The Kier molecular flexibility index (Phi) is 3.18. The molecule has 0 aliphatic carbocycles. The first kappa shape index (κ1) is 8.95. The molecule has 1 atom stereocenters.